The van der Waals surface area contributed by atoms with Gasteiger partial charge < -0.3 is 11.1 Å². The smallest absolute Gasteiger partial charge is 0.249 e. The molecule has 3 nitrogen and oxygen atoms in total. The van der Waals surface area contributed by atoms with E-state index < -0.39 is 0 Å². The molecule has 1 amide bonds. The molecule has 0 aliphatic heterocycles. The lowest BCUT2D eigenvalue weighted by Gasteiger charge is -1.99. The molecule has 0 aliphatic carbocycles. The standard InChI is InChI=1S/C9H10N2O/c10-7-6-9(12)11-8-4-2-1-3-5-8/h1-7H,10H2,(H,11,12). The molecule has 0 aliphatic rings. The Balaban J connectivity index is 2.59. The van der Waals surface area contributed by atoms with E-state index >= 15 is 0 Å². The molecule has 12 heavy (non-hydrogen) atoms. The highest BCUT2D eigenvalue weighted by molar-refractivity contribution is 5.99. The van der Waals surface area contributed by atoms with Crippen molar-refractivity contribution in [2.45, 2.75) is 0 Å². The minimum Gasteiger partial charge on any atom is -0.404 e. The molecule has 1 rings (SSSR count). The molecule has 3 heteroatoms. The van der Waals surface area contributed by atoms with Gasteiger partial charge in [0, 0.05) is 11.8 Å². The Bertz CT molecular complexity index is 280. The van der Waals surface area contributed by atoms with Crippen LogP contribution in [0.4, 0.5) is 5.69 Å². The SMILES string of the molecule is NC=CC(=O)Nc1ccccc1. The molecule has 0 spiro atoms. The maximum Gasteiger partial charge on any atom is 0.249 e. The van der Waals surface area contributed by atoms with Crippen LogP contribution in [0.2, 0.25) is 0 Å². The molecule has 0 aromatic heterocycles. The van der Waals surface area contributed by atoms with Gasteiger partial charge in [0.1, 0.15) is 0 Å². The largest absolute Gasteiger partial charge is 0.404 e. The van der Waals surface area contributed by atoms with Gasteiger partial charge in [0.25, 0.3) is 0 Å². The van der Waals surface area contributed by atoms with Gasteiger partial charge in [-0.1, -0.05) is 18.2 Å². The van der Waals surface area contributed by atoms with Crippen molar-refractivity contribution in [2.24, 2.45) is 5.73 Å². The van der Waals surface area contributed by atoms with Gasteiger partial charge in [0.15, 0.2) is 0 Å². The number of carbonyl (C=O) groups is 1. The zero-order valence-electron chi connectivity index (χ0n) is 6.53. The van der Waals surface area contributed by atoms with Crippen LogP contribution >= 0.6 is 0 Å². The summed E-state index contributed by atoms with van der Waals surface area (Å²) in [5, 5.41) is 2.64. The molecule has 1 aromatic rings. The predicted octanol–water partition coefficient (Wildman–Crippen LogP) is 1.10. The van der Waals surface area contributed by atoms with Crippen LogP contribution < -0.4 is 11.1 Å². The minimum absolute atomic E-state index is 0.219. The van der Waals surface area contributed by atoms with Crippen molar-refractivity contribution in [1.82, 2.24) is 0 Å². The fourth-order valence-electron chi connectivity index (χ4n) is 0.793. The van der Waals surface area contributed by atoms with E-state index in [9.17, 15) is 4.79 Å². The van der Waals surface area contributed by atoms with Gasteiger partial charge in [-0.2, -0.15) is 0 Å². The normalized spacial score (nSPS) is 10.0. The predicted molar refractivity (Wildman–Crippen MR) is 48.4 cm³/mol. The number of nitrogens with one attached hydrogen (secondary N) is 1. The molecule has 0 atom stereocenters. The lowest BCUT2D eigenvalue weighted by atomic mass is 10.3. The molecular weight excluding hydrogens is 152 g/mol. The Morgan fingerprint density at radius 1 is 1.33 bits per heavy atom. The van der Waals surface area contributed by atoms with Crippen LogP contribution in [0.25, 0.3) is 0 Å². The van der Waals surface area contributed by atoms with E-state index in [2.05, 4.69) is 5.32 Å². The maximum atomic E-state index is 10.9. The van der Waals surface area contributed by atoms with Crippen LogP contribution in [0.15, 0.2) is 42.6 Å². The number of rotatable bonds is 2. The number of nitrogens with two attached hydrogens (primary N) is 1. The average molecular weight is 162 g/mol. The summed E-state index contributed by atoms with van der Waals surface area (Å²) in [6.45, 7) is 0. The van der Waals surface area contributed by atoms with Gasteiger partial charge in [-0.15, -0.1) is 0 Å². The van der Waals surface area contributed by atoms with Crippen molar-refractivity contribution in [3.63, 3.8) is 0 Å². The van der Waals surface area contributed by atoms with Gasteiger partial charge in [0.05, 0.1) is 0 Å². The molecule has 0 bridgehead atoms. The Labute approximate surface area is 70.9 Å². The third-order valence-corrected chi connectivity index (χ3v) is 1.29. The first-order chi connectivity index (χ1) is 5.83. The van der Waals surface area contributed by atoms with Crippen LogP contribution in [0, 0.1) is 0 Å². The second-order valence-corrected chi connectivity index (χ2v) is 2.21. The molecule has 1 aromatic carbocycles. The number of hydrogen-bond acceptors (Lipinski definition) is 2. The number of benzene rings is 1. The van der Waals surface area contributed by atoms with Crippen LogP contribution in [-0.4, -0.2) is 5.91 Å². The Kier molecular flexibility index (Phi) is 2.90. The van der Waals surface area contributed by atoms with Crippen molar-refractivity contribution in [3.8, 4) is 0 Å². The van der Waals surface area contributed by atoms with E-state index in [1.807, 2.05) is 30.3 Å². The highest BCUT2D eigenvalue weighted by atomic mass is 16.1. The summed E-state index contributed by atoms with van der Waals surface area (Å²) in [6, 6.07) is 9.20. The van der Waals surface area contributed by atoms with Crippen molar-refractivity contribution < 1.29 is 4.79 Å². The Hall–Kier alpha value is -1.77. The summed E-state index contributed by atoms with van der Waals surface area (Å²) in [4.78, 5) is 10.9. The summed E-state index contributed by atoms with van der Waals surface area (Å²) in [5.74, 6) is -0.219. The molecule has 0 saturated carbocycles. The molecular formula is C9H10N2O. The fourth-order valence-corrected chi connectivity index (χ4v) is 0.793. The van der Waals surface area contributed by atoms with Gasteiger partial charge in [-0.05, 0) is 18.3 Å². The molecule has 62 valence electrons. The molecule has 0 saturated heterocycles. The van der Waals surface area contributed by atoms with E-state index in [0.717, 1.165) is 5.69 Å². The lowest BCUT2D eigenvalue weighted by Crippen LogP contribution is -2.08. The number of hydrogen-bond donors (Lipinski definition) is 2. The van der Waals surface area contributed by atoms with Crippen LogP contribution in [-0.2, 0) is 4.79 Å². The first kappa shape index (κ1) is 8.33. The number of anilines is 1. The summed E-state index contributed by atoms with van der Waals surface area (Å²) < 4.78 is 0. The van der Waals surface area contributed by atoms with Crippen molar-refractivity contribution >= 4 is 11.6 Å². The molecule has 3 N–H and O–H groups in total. The summed E-state index contributed by atoms with van der Waals surface area (Å²) in [6.07, 6.45) is 2.48. The van der Waals surface area contributed by atoms with Crippen molar-refractivity contribution in [1.29, 1.82) is 0 Å². The Morgan fingerprint density at radius 2 is 2.00 bits per heavy atom. The van der Waals surface area contributed by atoms with Crippen molar-refractivity contribution in [2.75, 3.05) is 5.32 Å². The second-order valence-electron chi connectivity index (χ2n) is 2.21. The highest BCUT2D eigenvalue weighted by Crippen LogP contribution is 2.04. The quantitative estimate of drug-likeness (QED) is 0.640. The Morgan fingerprint density at radius 3 is 2.58 bits per heavy atom. The van der Waals surface area contributed by atoms with Gasteiger partial charge in [0.2, 0.25) is 5.91 Å². The van der Waals surface area contributed by atoms with Crippen LogP contribution in [0.1, 0.15) is 0 Å². The van der Waals surface area contributed by atoms with Gasteiger partial charge >= 0.3 is 0 Å². The molecule has 0 unspecified atom stereocenters. The third-order valence-electron chi connectivity index (χ3n) is 1.29. The van der Waals surface area contributed by atoms with E-state index in [-0.39, 0.29) is 5.91 Å². The molecule has 0 radical (unpaired) electrons. The van der Waals surface area contributed by atoms with Crippen molar-refractivity contribution in [3.05, 3.63) is 42.6 Å². The number of amides is 1. The zero-order valence-corrected chi connectivity index (χ0v) is 6.53. The zero-order chi connectivity index (χ0) is 8.81. The summed E-state index contributed by atoms with van der Waals surface area (Å²) in [7, 11) is 0. The third kappa shape index (κ3) is 2.46. The number of para-hydroxylation sites is 1. The first-order valence-corrected chi connectivity index (χ1v) is 3.57. The van der Waals surface area contributed by atoms with E-state index in [1.165, 1.54) is 12.3 Å². The minimum atomic E-state index is -0.219. The van der Waals surface area contributed by atoms with E-state index in [4.69, 9.17) is 5.73 Å². The van der Waals surface area contributed by atoms with Gasteiger partial charge in [-0.3, -0.25) is 4.79 Å². The average Bonchev–Trinajstić information content (AvgIpc) is 2.06. The topological polar surface area (TPSA) is 55.1 Å². The van der Waals surface area contributed by atoms with Gasteiger partial charge in [-0.25, -0.2) is 0 Å². The second kappa shape index (κ2) is 4.18. The van der Waals surface area contributed by atoms with Crippen LogP contribution in [0.3, 0.4) is 0 Å². The molecule has 0 fully saturated rings. The first-order valence-electron chi connectivity index (χ1n) is 3.57. The van der Waals surface area contributed by atoms with Crippen LogP contribution in [0.5, 0.6) is 0 Å². The lowest BCUT2D eigenvalue weighted by molar-refractivity contribution is -0.111. The summed E-state index contributed by atoms with van der Waals surface area (Å²) in [5.41, 5.74) is 5.81. The van der Waals surface area contributed by atoms with E-state index in [0.29, 0.717) is 0 Å². The monoisotopic (exact) mass is 162 g/mol. The number of carbonyl (C=O) groups excluding carboxylic acids is 1. The fraction of sp³-hybridized carbons (Fsp3) is 0. The highest BCUT2D eigenvalue weighted by Gasteiger charge is 1.93. The summed E-state index contributed by atoms with van der Waals surface area (Å²) >= 11 is 0. The van der Waals surface area contributed by atoms with E-state index in [1.54, 1.807) is 0 Å². The maximum absolute atomic E-state index is 10.9. The molecule has 0 heterocycles.